The first kappa shape index (κ1) is 25.2. The molecule has 0 N–H and O–H groups in total. The quantitative estimate of drug-likeness (QED) is 0.333. The first-order valence-electron chi connectivity index (χ1n) is 11.7. The Bertz CT molecular complexity index is 1420. The molecule has 0 spiro atoms. The SMILES string of the molecule is CCCn1c(=NC(=O)c2ccc(S(=O)(=O)N3CCCCC3CC)cc2)sc2cc([N+](=O)[O-])ccc21. The van der Waals surface area contributed by atoms with Gasteiger partial charge in [-0.1, -0.05) is 31.6 Å². The summed E-state index contributed by atoms with van der Waals surface area (Å²) in [7, 11) is -3.63. The van der Waals surface area contributed by atoms with Crippen LogP contribution in [0.3, 0.4) is 0 Å². The van der Waals surface area contributed by atoms with E-state index in [-0.39, 0.29) is 22.2 Å². The van der Waals surface area contributed by atoms with Crippen LogP contribution in [0.2, 0.25) is 0 Å². The largest absolute Gasteiger partial charge is 0.316 e. The molecule has 1 fully saturated rings. The smallest absolute Gasteiger partial charge is 0.279 e. The number of amides is 1. The lowest BCUT2D eigenvalue weighted by atomic mass is 10.0. The Labute approximate surface area is 207 Å². The molecular formula is C24H28N4O5S2. The number of thiazole rings is 1. The molecular weight excluding hydrogens is 488 g/mol. The molecule has 1 aromatic heterocycles. The highest BCUT2D eigenvalue weighted by Gasteiger charge is 2.32. The van der Waals surface area contributed by atoms with Crippen LogP contribution in [0.4, 0.5) is 5.69 Å². The van der Waals surface area contributed by atoms with E-state index in [1.54, 1.807) is 10.4 Å². The van der Waals surface area contributed by atoms with Crippen molar-refractivity contribution in [3.63, 3.8) is 0 Å². The third-order valence-corrected chi connectivity index (χ3v) is 9.28. The summed E-state index contributed by atoms with van der Waals surface area (Å²) in [5, 5.41) is 11.1. The molecule has 2 aromatic carbocycles. The van der Waals surface area contributed by atoms with Crippen molar-refractivity contribution >= 4 is 43.2 Å². The normalized spacial score (nSPS) is 17.7. The molecule has 9 nitrogen and oxygen atoms in total. The Morgan fingerprint density at radius 1 is 1.17 bits per heavy atom. The second-order valence-corrected chi connectivity index (χ2v) is 11.5. The zero-order chi connectivity index (χ0) is 25.2. The molecule has 0 aliphatic carbocycles. The van der Waals surface area contributed by atoms with Gasteiger partial charge in [-0.25, -0.2) is 8.42 Å². The predicted octanol–water partition coefficient (Wildman–Crippen LogP) is 4.72. The number of nitro groups is 1. The summed E-state index contributed by atoms with van der Waals surface area (Å²) in [6.07, 6.45) is 4.31. The number of aromatic nitrogens is 1. The van der Waals surface area contributed by atoms with Crippen LogP contribution in [0.5, 0.6) is 0 Å². The number of piperidine rings is 1. The van der Waals surface area contributed by atoms with Gasteiger partial charge >= 0.3 is 0 Å². The number of hydrogen-bond donors (Lipinski definition) is 0. The number of carbonyl (C=O) groups excluding carboxylic acids is 1. The Balaban J connectivity index is 1.65. The summed E-state index contributed by atoms with van der Waals surface area (Å²) in [5.41, 5.74) is 1.04. The van der Waals surface area contributed by atoms with Crippen molar-refractivity contribution in [3.05, 3.63) is 62.9 Å². The van der Waals surface area contributed by atoms with Crippen molar-refractivity contribution in [1.82, 2.24) is 8.87 Å². The number of nitro benzene ring substituents is 1. The highest BCUT2D eigenvalue weighted by atomic mass is 32.2. The van der Waals surface area contributed by atoms with Gasteiger partial charge in [-0.2, -0.15) is 9.30 Å². The maximum absolute atomic E-state index is 13.2. The Morgan fingerprint density at radius 3 is 2.57 bits per heavy atom. The average Bonchev–Trinajstić information content (AvgIpc) is 3.20. The van der Waals surface area contributed by atoms with E-state index < -0.39 is 20.9 Å². The molecule has 186 valence electrons. The zero-order valence-electron chi connectivity index (χ0n) is 19.7. The van der Waals surface area contributed by atoms with Crippen LogP contribution in [0, 0.1) is 10.1 Å². The number of benzene rings is 2. The molecule has 0 bridgehead atoms. The van der Waals surface area contributed by atoms with Gasteiger partial charge in [0.15, 0.2) is 4.80 Å². The molecule has 0 saturated carbocycles. The summed E-state index contributed by atoms with van der Waals surface area (Å²) >= 11 is 1.22. The molecule has 0 radical (unpaired) electrons. The van der Waals surface area contributed by atoms with Gasteiger partial charge in [-0.15, -0.1) is 0 Å². The van der Waals surface area contributed by atoms with E-state index in [1.807, 2.05) is 18.4 Å². The molecule has 1 amide bonds. The molecule has 2 heterocycles. The topological polar surface area (TPSA) is 115 Å². The summed E-state index contributed by atoms with van der Waals surface area (Å²) in [5.74, 6) is -0.496. The Morgan fingerprint density at radius 2 is 1.91 bits per heavy atom. The van der Waals surface area contributed by atoms with Crippen LogP contribution < -0.4 is 4.80 Å². The van der Waals surface area contributed by atoms with Crippen LogP contribution in [0.25, 0.3) is 10.2 Å². The first-order chi connectivity index (χ1) is 16.8. The van der Waals surface area contributed by atoms with Gasteiger partial charge in [-0.3, -0.25) is 14.9 Å². The third-order valence-electron chi connectivity index (χ3n) is 6.27. The number of nitrogens with zero attached hydrogens (tertiary/aromatic N) is 4. The van der Waals surface area contributed by atoms with E-state index in [0.717, 1.165) is 37.6 Å². The minimum absolute atomic E-state index is 0.00264. The number of carbonyl (C=O) groups is 1. The van der Waals surface area contributed by atoms with Crippen molar-refractivity contribution in [2.45, 2.75) is 63.4 Å². The molecule has 11 heteroatoms. The maximum atomic E-state index is 13.2. The Kier molecular flexibility index (Phi) is 7.48. The highest BCUT2D eigenvalue weighted by molar-refractivity contribution is 7.89. The molecule has 1 unspecified atom stereocenters. The third kappa shape index (κ3) is 5.07. The van der Waals surface area contributed by atoms with Crippen molar-refractivity contribution in [1.29, 1.82) is 0 Å². The van der Waals surface area contributed by atoms with Gasteiger partial charge in [0.1, 0.15) is 0 Å². The predicted molar refractivity (Wildman–Crippen MR) is 135 cm³/mol. The monoisotopic (exact) mass is 516 g/mol. The van der Waals surface area contributed by atoms with E-state index in [0.29, 0.717) is 22.6 Å². The fraction of sp³-hybridized carbons (Fsp3) is 0.417. The van der Waals surface area contributed by atoms with Crippen molar-refractivity contribution in [3.8, 4) is 0 Å². The van der Waals surface area contributed by atoms with Crippen LogP contribution in [-0.4, -0.2) is 40.7 Å². The van der Waals surface area contributed by atoms with Crippen LogP contribution in [-0.2, 0) is 16.6 Å². The fourth-order valence-electron chi connectivity index (χ4n) is 4.46. The van der Waals surface area contributed by atoms with Crippen molar-refractivity contribution in [2.75, 3.05) is 6.54 Å². The number of non-ortho nitro benzene ring substituents is 1. The second kappa shape index (κ2) is 10.4. The van der Waals surface area contributed by atoms with E-state index >= 15 is 0 Å². The highest BCUT2D eigenvalue weighted by Crippen LogP contribution is 2.27. The molecule has 1 aliphatic heterocycles. The minimum atomic E-state index is -3.63. The first-order valence-corrected chi connectivity index (χ1v) is 14.0. The van der Waals surface area contributed by atoms with E-state index in [1.165, 1.54) is 47.7 Å². The lowest BCUT2D eigenvalue weighted by Crippen LogP contribution is -2.43. The summed E-state index contributed by atoms with van der Waals surface area (Å²) in [6.45, 7) is 5.12. The summed E-state index contributed by atoms with van der Waals surface area (Å²) in [6, 6.07) is 10.5. The van der Waals surface area contributed by atoms with E-state index in [2.05, 4.69) is 4.99 Å². The maximum Gasteiger partial charge on any atom is 0.279 e. The van der Waals surface area contributed by atoms with Gasteiger partial charge in [0.25, 0.3) is 11.6 Å². The number of hydrogen-bond acceptors (Lipinski definition) is 6. The van der Waals surface area contributed by atoms with E-state index in [4.69, 9.17) is 0 Å². The standard InChI is InChI=1S/C24H28N4O5S2/c1-3-14-26-21-13-10-19(28(30)31)16-22(21)34-24(26)25-23(29)17-8-11-20(12-9-17)35(32,33)27-15-6-5-7-18(27)4-2/h8-13,16,18H,3-7,14-15H2,1-2H3. The van der Waals surface area contributed by atoms with Gasteiger partial charge in [-0.05, 0) is 56.0 Å². The van der Waals surface area contributed by atoms with Gasteiger partial charge in [0, 0.05) is 36.8 Å². The summed E-state index contributed by atoms with van der Waals surface area (Å²) in [4.78, 5) is 28.5. The van der Waals surface area contributed by atoms with Crippen LogP contribution >= 0.6 is 11.3 Å². The molecule has 3 aromatic rings. The van der Waals surface area contributed by atoms with Crippen LogP contribution in [0.1, 0.15) is 56.3 Å². The number of rotatable bonds is 7. The number of fused-ring (bicyclic) bond motifs is 1. The average molecular weight is 517 g/mol. The zero-order valence-corrected chi connectivity index (χ0v) is 21.3. The number of sulfonamides is 1. The molecule has 4 rings (SSSR count). The molecule has 1 atom stereocenters. The minimum Gasteiger partial charge on any atom is -0.316 e. The lowest BCUT2D eigenvalue weighted by molar-refractivity contribution is -0.384. The Hall–Kier alpha value is -2.89. The van der Waals surface area contributed by atoms with Gasteiger partial charge in [0.05, 0.1) is 20.0 Å². The second-order valence-electron chi connectivity index (χ2n) is 8.56. The van der Waals surface area contributed by atoms with Gasteiger partial charge in [0.2, 0.25) is 10.0 Å². The summed E-state index contributed by atoms with van der Waals surface area (Å²) < 4.78 is 30.5. The van der Waals surface area contributed by atoms with Gasteiger partial charge < -0.3 is 4.57 Å². The number of aryl methyl sites for hydroxylation is 1. The fourth-order valence-corrected chi connectivity index (χ4v) is 7.31. The van der Waals surface area contributed by atoms with E-state index in [9.17, 15) is 23.3 Å². The van der Waals surface area contributed by atoms with Crippen molar-refractivity contribution in [2.24, 2.45) is 4.99 Å². The lowest BCUT2D eigenvalue weighted by Gasteiger charge is -2.34. The molecule has 1 saturated heterocycles. The van der Waals surface area contributed by atoms with Crippen molar-refractivity contribution < 1.29 is 18.1 Å². The molecule has 1 aliphatic rings. The van der Waals surface area contributed by atoms with Crippen LogP contribution in [0.15, 0.2) is 52.4 Å². The molecule has 35 heavy (non-hydrogen) atoms.